The van der Waals surface area contributed by atoms with Gasteiger partial charge in [0, 0.05) is 0 Å². The van der Waals surface area contributed by atoms with Crippen molar-refractivity contribution in [2.45, 2.75) is 0 Å². The average Bonchev–Trinajstić information content (AvgIpc) is 1.25. The molecule has 0 aromatic heterocycles. The molecule has 0 fully saturated rings. The van der Waals surface area contributed by atoms with E-state index in [4.69, 9.17) is 30.0 Å². The van der Waals surface area contributed by atoms with E-state index in [0.717, 1.165) is 0 Å². The molecule has 0 aliphatic heterocycles. The molecule has 0 aromatic carbocycles. The summed E-state index contributed by atoms with van der Waals surface area (Å²) in [7, 11) is 0. The molecule has 2 N–H and O–H groups in total. The SMILES string of the molecule is O=C([O-])O.O=C([O-])O.[GeH2+2]. The van der Waals surface area contributed by atoms with Crippen molar-refractivity contribution in [3.63, 3.8) is 0 Å². The quantitative estimate of drug-likeness (QED) is 0.395. The average molecular weight is 197 g/mol. The van der Waals surface area contributed by atoms with E-state index in [1.807, 2.05) is 0 Å². The van der Waals surface area contributed by atoms with Gasteiger partial charge in [-0.15, -0.1) is 0 Å². The molecule has 0 saturated heterocycles. The van der Waals surface area contributed by atoms with Gasteiger partial charge in [-0.1, -0.05) is 0 Å². The van der Waals surface area contributed by atoms with Crippen LogP contribution in [0.15, 0.2) is 0 Å². The molecule has 9 heavy (non-hydrogen) atoms. The van der Waals surface area contributed by atoms with Gasteiger partial charge in [0.25, 0.3) is 0 Å². The minimum absolute atomic E-state index is 0. The Morgan fingerprint density at radius 2 is 1.00 bits per heavy atom. The van der Waals surface area contributed by atoms with Crippen molar-refractivity contribution in [2.24, 2.45) is 0 Å². The van der Waals surface area contributed by atoms with Gasteiger partial charge in [-0.2, -0.15) is 0 Å². The van der Waals surface area contributed by atoms with Gasteiger partial charge in [-0.3, -0.25) is 0 Å². The fourth-order valence-corrected chi connectivity index (χ4v) is 0. The normalized spacial score (nSPS) is 5.33. The first-order valence-electron chi connectivity index (χ1n) is 1.26. The maximum absolute atomic E-state index is 8.44. The first-order chi connectivity index (χ1) is 3.46. The Hall–Kier alpha value is -0.917. The Bertz CT molecular complexity index is 69.1. The molecule has 0 atom stereocenters. The van der Waals surface area contributed by atoms with Crippen LogP contribution in [0.5, 0.6) is 0 Å². The Morgan fingerprint density at radius 3 is 1.00 bits per heavy atom. The van der Waals surface area contributed by atoms with Crippen molar-refractivity contribution >= 4 is 29.9 Å². The maximum atomic E-state index is 8.44. The third kappa shape index (κ3) is 218. The minimum atomic E-state index is -2.08. The molecule has 0 aromatic rings. The van der Waals surface area contributed by atoms with Crippen LogP contribution in [-0.2, 0) is 0 Å². The predicted molar refractivity (Wildman–Crippen MR) is 24.6 cm³/mol. The standard InChI is InChI=1S/2CH2O3.GeH2/c2*2-1(3)4;/h2*(H2,2,3,4);1H2/q;;+2/p-2. The summed E-state index contributed by atoms with van der Waals surface area (Å²) in [6.45, 7) is 0. The van der Waals surface area contributed by atoms with Crippen LogP contribution in [0.3, 0.4) is 0 Å². The van der Waals surface area contributed by atoms with Gasteiger partial charge in [0.1, 0.15) is 0 Å². The van der Waals surface area contributed by atoms with Crippen LogP contribution >= 0.6 is 0 Å². The van der Waals surface area contributed by atoms with Crippen LogP contribution in [0.4, 0.5) is 9.59 Å². The third-order valence-electron chi connectivity index (χ3n) is 0. The van der Waals surface area contributed by atoms with E-state index in [1.165, 1.54) is 0 Å². The van der Waals surface area contributed by atoms with Crippen LogP contribution in [0.25, 0.3) is 0 Å². The summed E-state index contributed by atoms with van der Waals surface area (Å²) in [5, 5.41) is 30.6. The van der Waals surface area contributed by atoms with E-state index >= 15 is 0 Å². The van der Waals surface area contributed by atoms with Crippen molar-refractivity contribution < 1.29 is 30.0 Å². The molecule has 0 unspecified atom stereocenters. The summed E-state index contributed by atoms with van der Waals surface area (Å²) in [5.41, 5.74) is 0. The fraction of sp³-hybridized carbons (Fsp3) is 0. The molecule has 0 heterocycles. The number of carbonyl (C=O) groups is 2. The summed E-state index contributed by atoms with van der Waals surface area (Å²) in [6.07, 6.45) is -4.17. The Balaban J connectivity index is -0.0000000720. The number of hydrogen-bond acceptors (Lipinski definition) is 4. The summed E-state index contributed by atoms with van der Waals surface area (Å²) in [5.74, 6) is 0. The molecular weight excluding hydrogens is 193 g/mol. The summed E-state index contributed by atoms with van der Waals surface area (Å²) >= 11 is 0. The van der Waals surface area contributed by atoms with E-state index in [1.54, 1.807) is 0 Å². The molecule has 0 amide bonds. The first-order valence-corrected chi connectivity index (χ1v) is 1.26. The number of carboxylic acid groups (broad SMARTS) is 4. The molecule has 6 nitrogen and oxygen atoms in total. The molecule has 0 aliphatic rings. The Kier molecular flexibility index (Phi) is 17.7. The zero-order valence-electron chi connectivity index (χ0n) is 4.23. The third-order valence-corrected chi connectivity index (χ3v) is 0. The van der Waals surface area contributed by atoms with E-state index in [9.17, 15) is 0 Å². The zero-order valence-corrected chi connectivity index (χ0v) is 7.20. The van der Waals surface area contributed by atoms with Gasteiger partial charge in [0.15, 0.2) is 0 Å². The van der Waals surface area contributed by atoms with E-state index in [2.05, 4.69) is 0 Å². The molecule has 0 saturated carbocycles. The van der Waals surface area contributed by atoms with Gasteiger partial charge >= 0.3 is 17.6 Å². The molecule has 52 valence electrons. The van der Waals surface area contributed by atoms with Crippen LogP contribution < -0.4 is 10.2 Å². The van der Waals surface area contributed by atoms with Gasteiger partial charge in [0.05, 0.1) is 0 Å². The van der Waals surface area contributed by atoms with E-state index in [-0.39, 0.29) is 17.6 Å². The second-order valence-electron chi connectivity index (χ2n) is 0.532. The molecular formula is C2H4GeO6. The summed E-state index contributed by atoms with van der Waals surface area (Å²) in [6, 6.07) is 0. The predicted octanol–water partition coefficient (Wildman–Crippen LogP) is -3.14. The number of rotatable bonds is 0. The molecule has 0 rings (SSSR count). The van der Waals surface area contributed by atoms with Crippen LogP contribution in [0.1, 0.15) is 0 Å². The topological polar surface area (TPSA) is 121 Å². The van der Waals surface area contributed by atoms with Gasteiger partial charge in [-0.25, -0.2) is 0 Å². The molecule has 0 spiro atoms. The van der Waals surface area contributed by atoms with Crippen LogP contribution in [0.2, 0.25) is 0 Å². The van der Waals surface area contributed by atoms with Gasteiger partial charge < -0.3 is 30.0 Å². The van der Waals surface area contributed by atoms with E-state index < -0.39 is 12.3 Å². The Labute approximate surface area is 60.7 Å². The van der Waals surface area contributed by atoms with Crippen molar-refractivity contribution in [3.05, 3.63) is 0 Å². The molecule has 7 heteroatoms. The van der Waals surface area contributed by atoms with Crippen LogP contribution in [-0.4, -0.2) is 40.1 Å². The Morgan fingerprint density at radius 1 is 1.00 bits per heavy atom. The van der Waals surface area contributed by atoms with Crippen molar-refractivity contribution in [2.75, 3.05) is 0 Å². The van der Waals surface area contributed by atoms with Crippen LogP contribution in [0, 0.1) is 0 Å². The fourth-order valence-electron chi connectivity index (χ4n) is 0. The molecule has 0 radical (unpaired) electrons. The summed E-state index contributed by atoms with van der Waals surface area (Å²) in [4.78, 5) is 16.9. The molecule has 0 bridgehead atoms. The van der Waals surface area contributed by atoms with Gasteiger partial charge in [-0.05, 0) is 0 Å². The second kappa shape index (κ2) is 10.1. The zero-order chi connectivity index (χ0) is 7.15. The monoisotopic (exact) mass is 198 g/mol. The molecule has 0 aliphatic carbocycles. The number of hydrogen-bond donors (Lipinski definition) is 2. The van der Waals surface area contributed by atoms with Crippen molar-refractivity contribution in [3.8, 4) is 0 Å². The van der Waals surface area contributed by atoms with Gasteiger partial charge in [0.2, 0.25) is 12.3 Å². The second-order valence-corrected chi connectivity index (χ2v) is 0.532. The van der Waals surface area contributed by atoms with Crippen molar-refractivity contribution in [1.82, 2.24) is 0 Å². The first kappa shape index (κ1) is 15.7. The van der Waals surface area contributed by atoms with Crippen molar-refractivity contribution in [1.29, 1.82) is 0 Å². The summed E-state index contributed by atoms with van der Waals surface area (Å²) < 4.78 is 0. The van der Waals surface area contributed by atoms with E-state index in [0.29, 0.717) is 0 Å².